The Balaban J connectivity index is 1.87. The first-order chi connectivity index (χ1) is 13.5. The number of amides is 1. The molecule has 1 aromatic heterocycles. The van der Waals surface area contributed by atoms with Gasteiger partial charge in [0.25, 0.3) is 0 Å². The van der Waals surface area contributed by atoms with Crippen molar-refractivity contribution in [3.05, 3.63) is 59.4 Å². The number of hydrogen-bond acceptors (Lipinski definition) is 7. The topological polar surface area (TPSA) is 94.6 Å². The molecule has 148 valence electrons. The van der Waals surface area contributed by atoms with Crippen molar-refractivity contribution in [3.63, 3.8) is 0 Å². The van der Waals surface area contributed by atoms with E-state index in [0.717, 1.165) is 17.9 Å². The number of ether oxygens (including phenoxy) is 2. The van der Waals surface area contributed by atoms with Crippen LogP contribution in [0, 0.1) is 0 Å². The van der Waals surface area contributed by atoms with Crippen molar-refractivity contribution in [1.82, 2.24) is 4.98 Å². The van der Waals surface area contributed by atoms with Crippen LogP contribution in [0.5, 0.6) is 0 Å². The lowest BCUT2D eigenvalue weighted by atomic mass is 10.1. The molecule has 0 saturated heterocycles. The van der Waals surface area contributed by atoms with E-state index in [-0.39, 0.29) is 17.0 Å². The molecule has 1 aromatic carbocycles. The van der Waals surface area contributed by atoms with Crippen molar-refractivity contribution in [2.45, 2.75) is 12.8 Å². The minimum atomic E-state index is -0.605. The fourth-order valence-electron chi connectivity index (χ4n) is 2.38. The summed E-state index contributed by atoms with van der Waals surface area (Å²) < 4.78 is 9.36. The van der Waals surface area contributed by atoms with Crippen LogP contribution in [-0.4, -0.2) is 48.6 Å². The molecule has 0 fully saturated rings. The van der Waals surface area contributed by atoms with Gasteiger partial charge in [-0.1, -0.05) is 6.07 Å². The van der Waals surface area contributed by atoms with Crippen LogP contribution >= 0.6 is 11.8 Å². The molecular formula is C20H22N2O5S. The third kappa shape index (κ3) is 6.70. The van der Waals surface area contributed by atoms with Crippen LogP contribution in [0.3, 0.4) is 0 Å². The second-order valence-electron chi connectivity index (χ2n) is 5.76. The van der Waals surface area contributed by atoms with Crippen LogP contribution in [-0.2, 0) is 20.7 Å². The van der Waals surface area contributed by atoms with E-state index >= 15 is 0 Å². The normalized spacial score (nSPS) is 10.2. The fourth-order valence-corrected chi connectivity index (χ4v) is 3.27. The third-order valence-corrected chi connectivity index (χ3v) is 4.75. The highest BCUT2D eigenvalue weighted by Gasteiger charge is 2.15. The molecule has 2 aromatic rings. The molecule has 0 aliphatic rings. The summed E-state index contributed by atoms with van der Waals surface area (Å²) in [5.74, 6) is 0.106. The number of nitrogens with zero attached hydrogens (tertiary/aromatic N) is 1. The fraction of sp³-hybridized carbons (Fsp3) is 0.300. The van der Waals surface area contributed by atoms with E-state index in [1.54, 1.807) is 18.0 Å². The highest BCUT2D eigenvalue weighted by atomic mass is 32.2. The minimum absolute atomic E-state index is 0.158. The Hall–Kier alpha value is -2.87. The summed E-state index contributed by atoms with van der Waals surface area (Å²) in [7, 11) is 2.49. The Morgan fingerprint density at radius 3 is 2.25 bits per heavy atom. The quantitative estimate of drug-likeness (QED) is 0.509. The summed E-state index contributed by atoms with van der Waals surface area (Å²) in [6.45, 7) is 0. The van der Waals surface area contributed by atoms with Gasteiger partial charge in [-0.15, -0.1) is 0 Å². The van der Waals surface area contributed by atoms with Crippen LogP contribution in [0.4, 0.5) is 5.69 Å². The molecule has 0 radical (unpaired) electrons. The molecule has 0 aliphatic carbocycles. The number of aromatic nitrogens is 1. The van der Waals surface area contributed by atoms with Gasteiger partial charge in [0.2, 0.25) is 5.91 Å². The molecule has 0 unspecified atom stereocenters. The van der Waals surface area contributed by atoms with Gasteiger partial charge in [0.05, 0.1) is 25.3 Å². The molecule has 0 saturated carbocycles. The van der Waals surface area contributed by atoms with Crippen LogP contribution in [0.1, 0.15) is 32.8 Å². The lowest BCUT2D eigenvalue weighted by Crippen LogP contribution is -2.14. The van der Waals surface area contributed by atoms with Gasteiger partial charge in [0, 0.05) is 29.8 Å². The molecule has 1 amide bonds. The molecule has 2 rings (SSSR count). The third-order valence-electron chi connectivity index (χ3n) is 3.76. The molecule has 8 heteroatoms. The maximum absolute atomic E-state index is 12.2. The van der Waals surface area contributed by atoms with Crippen molar-refractivity contribution >= 4 is 35.3 Å². The number of benzene rings is 1. The minimum Gasteiger partial charge on any atom is -0.465 e. The van der Waals surface area contributed by atoms with E-state index < -0.39 is 11.9 Å². The number of esters is 2. The molecule has 28 heavy (non-hydrogen) atoms. The smallest absolute Gasteiger partial charge is 0.337 e. The van der Waals surface area contributed by atoms with Crippen LogP contribution < -0.4 is 5.32 Å². The number of rotatable bonds is 9. The van der Waals surface area contributed by atoms with Crippen molar-refractivity contribution in [2.24, 2.45) is 0 Å². The molecule has 0 aliphatic heterocycles. The van der Waals surface area contributed by atoms with Crippen molar-refractivity contribution in [1.29, 1.82) is 0 Å². The number of pyridine rings is 1. The van der Waals surface area contributed by atoms with Gasteiger partial charge in [-0.3, -0.25) is 9.78 Å². The van der Waals surface area contributed by atoms with Crippen molar-refractivity contribution in [2.75, 3.05) is 31.0 Å². The summed E-state index contributed by atoms with van der Waals surface area (Å²) >= 11 is 1.66. The number of thioether (sulfide) groups is 1. The molecule has 1 N–H and O–H groups in total. The van der Waals surface area contributed by atoms with E-state index in [4.69, 9.17) is 0 Å². The molecule has 0 spiro atoms. The van der Waals surface area contributed by atoms with E-state index in [9.17, 15) is 14.4 Å². The van der Waals surface area contributed by atoms with Crippen molar-refractivity contribution < 1.29 is 23.9 Å². The SMILES string of the molecule is COC(=O)c1cc(NC(=O)CCSCCc2ccccn2)cc(C(=O)OC)c1. The lowest BCUT2D eigenvalue weighted by Gasteiger charge is -2.09. The zero-order chi connectivity index (χ0) is 20.4. The van der Waals surface area contributed by atoms with Crippen molar-refractivity contribution in [3.8, 4) is 0 Å². The van der Waals surface area contributed by atoms with E-state index in [0.29, 0.717) is 17.9 Å². The zero-order valence-electron chi connectivity index (χ0n) is 15.8. The number of carbonyl (C=O) groups is 3. The molecule has 0 atom stereocenters. The van der Waals surface area contributed by atoms with Crippen LogP contribution in [0.15, 0.2) is 42.6 Å². The maximum Gasteiger partial charge on any atom is 0.337 e. The summed E-state index contributed by atoms with van der Waals surface area (Å²) in [5, 5.41) is 2.71. The maximum atomic E-state index is 12.2. The Morgan fingerprint density at radius 1 is 1.00 bits per heavy atom. The number of hydrogen-bond donors (Lipinski definition) is 1. The highest BCUT2D eigenvalue weighted by molar-refractivity contribution is 7.99. The Morgan fingerprint density at radius 2 is 1.68 bits per heavy atom. The summed E-state index contributed by atoms with van der Waals surface area (Å²) in [6.07, 6.45) is 2.91. The predicted octanol–water partition coefficient (Wildman–Crippen LogP) is 2.96. The van der Waals surface area contributed by atoms with Gasteiger partial charge in [-0.05, 0) is 42.5 Å². The number of carbonyl (C=O) groups excluding carboxylic acids is 3. The second-order valence-corrected chi connectivity index (χ2v) is 6.99. The molecule has 7 nitrogen and oxygen atoms in total. The molecular weight excluding hydrogens is 380 g/mol. The molecule has 0 bridgehead atoms. The Bertz CT molecular complexity index is 792. The van der Waals surface area contributed by atoms with Gasteiger partial charge >= 0.3 is 11.9 Å². The standard InChI is InChI=1S/C20H22N2O5S/c1-26-19(24)14-11-15(20(25)27-2)13-17(12-14)22-18(23)7-10-28-9-6-16-5-3-4-8-21-16/h3-5,8,11-13H,6-7,9-10H2,1-2H3,(H,22,23). The van der Waals surface area contributed by atoms with E-state index in [1.165, 1.54) is 32.4 Å². The monoisotopic (exact) mass is 402 g/mol. The number of methoxy groups -OCH3 is 2. The average molecular weight is 402 g/mol. The summed E-state index contributed by atoms with van der Waals surface area (Å²) in [5.41, 5.74) is 1.68. The van der Waals surface area contributed by atoms with E-state index in [2.05, 4.69) is 19.8 Å². The first kappa shape index (κ1) is 21.4. The lowest BCUT2D eigenvalue weighted by molar-refractivity contribution is -0.115. The largest absolute Gasteiger partial charge is 0.465 e. The van der Waals surface area contributed by atoms with E-state index in [1.807, 2.05) is 18.2 Å². The summed E-state index contributed by atoms with van der Waals surface area (Å²) in [6, 6.07) is 10.1. The second kappa shape index (κ2) is 11.1. The van der Waals surface area contributed by atoms with Gasteiger partial charge < -0.3 is 14.8 Å². The Labute approximate surface area is 167 Å². The first-order valence-electron chi connectivity index (χ1n) is 8.62. The van der Waals surface area contributed by atoms with Gasteiger partial charge in [-0.2, -0.15) is 11.8 Å². The average Bonchev–Trinajstić information content (AvgIpc) is 2.72. The number of anilines is 1. The number of nitrogens with one attached hydrogen (secondary N) is 1. The van der Waals surface area contributed by atoms with Gasteiger partial charge in [0.15, 0.2) is 0 Å². The Kier molecular flexibility index (Phi) is 8.48. The number of aryl methyl sites for hydroxylation is 1. The van der Waals surface area contributed by atoms with Gasteiger partial charge in [0.1, 0.15) is 0 Å². The van der Waals surface area contributed by atoms with Gasteiger partial charge in [-0.25, -0.2) is 9.59 Å². The predicted molar refractivity (Wildman–Crippen MR) is 108 cm³/mol. The molecule has 1 heterocycles. The highest BCUT2D eigenvalue weighted by Crippen LogP contribution is 2.18. The zero-order valence-corrected chi connectivity index (χ0v) is 16.6. The van der Waals surface area contributed by atoms with Crippen LogP contribution in [0.25, 0.3) is 0 Å². The first-order valence-corrected chi connectivity index (χ1v) is 9.78. The summed E-state index contributed by atoms with van der Waals surface area (Å²) in [4.78, 5) is 40.0. The van der Waals surface area contributed by atoms with Crippen LogP contribution in [0.2, 0.25) is 0 Å².